The van der Waals surface area contributed by atoms with E-state index in [9.17, 15) is 23.9 Å². The van der Waals surface area contributed by atoms with Crippen molar-refractivity contribution in [1.82, 2.24) is 4.90 Å². The Morgan fingerprint density at radius 1 is 1.17 bits per heavy atom. The lowest BCUT2D eigenvalue weighted by molar-refractivity contribution is -0.120. The number of hydrogen-bond acceptors (Lipinski definition) is 5. The first-order valence-electron chi connectivity index (χ1n) is 9.47. The Balaban J connectivity index is 1.95. The predicted molar refractivity (Wildman–Crippen MR) is 112 cm³/mol. The van der Waals surface area contributed by atoms with Gasteiger partial charge in [-0.15, -0.1) is 0 Å². The fourth-order valence-corrected chi connectivity index (χ4v) is 3.62. The van der Waals surface area contributed by atoms with Gasteiger partial charge in [-0.1, -0.05) is 6.07 Å². The topological polar surface area (TPSA) is 86.7 Å². The molecule has 1 aliphatic carbocycles. The van der Waals surface area contributed by atoms with Crippen LogP contribution in [0.25, 0.3) is 6.08 Å². The van der Waals surface area contributed by atoms with Crippen molar-refractivity contribution in [3.8, 4) is 0 Å². The zero-order valence-corrected chi connectivity index (χ0v) is 17.1. The molecular formula is C23H23FN2O4. The number of nitrogens with one attached hydrogen (secondary N) is 1. The fourth-order valence-electron chi connectivity index (χ4n) is 3.62. The van der Waals surface area contributed by atoms with Crippen LogP contribution in [0.3, 0.4) is 0 Å². The van der Waals surface area contributed by atoms with Crippen LogP contribution in [-0.4, -0.2) is 48.7 Å². The van der Waals surface area contributed by atoms with Gasteiger partial charge in [-0.3, -0.25) is 9.59 Å². The van der Waals surface area contributed by atoms with Crippen molar-refractivity contribution in [3.63, 3.8) is 0 Å². The highest BCUT2D eigenvalue weighted by atomic mass is 19.1. The zero-order valence-electron chi connectivity index (χ0n) is 17.1. The largest absolute Gasteiger partial charge is 0.478 e. The van der Waals surface area contributed by atoms with Crippen molar-refractivity contribution >= 4 is 29.3 Å². The number of benzene rings is 2. The van der Waals surface area contributed by atoms with E-state index < -0.39 is 11.8 Å². The van der Waals surface area contributed by atoms with Crippen molar-refractivity contribution in [2.45, 2.75) is 19.4 Å². The summed E-state index contributed by atoms with van der Waals surface area (Å²) in [4.78, 5) is 38.8. The molecule has 6 nitrogen and oxygen atoms in total. The van der Waals surface area contributed by atoms with Crippen LogP contribution in [0.15, 0.2) is 35.9 Å². The number of Topliss-reactive ketones (excluding diaryl/α,β-unsaturated/α-hetero) is 2. The van der Waals surface area contributed by atoms with Crippen molar-refractivity contribution in [3.05, 3.63) is 69.5 Å². The summed E-state index contributed by atoms with van der Waals surface area (Å²) < 4.78 is 13.9. The van der Waals surface area contributed by atoms with Gasteiger partial charge < -0.3 is 15.3 Å². The molecule has 0 fully saturated rings. The summed E-state index contributed by atoms with van der Waals surface area (Å²) in [5, 5.41) is 12.1. The van der Waals surface area contributed by atoms with Gasteiger partial charge >= 0.3 is 5.97 Å². The maximum absolute atomic E-state index is 13.9. The third-order valence-corrected chi connectivity index (χ3v) is 5.05. The molecule has 30 heavy (non-hydrogen) atoms. The number of carboxylic acids is 1. The summed E-state index contributed by atoms with van der Waals surface area (Å²) in [5.74, 6) is -2.18. The molecule has 2 aromatic rings. The molecule has 1 aliphatic rings. The van der Waals surface area contributed by atoms with Crippen LogP contribution < -0.4 is 5.32 Å². The SMILES string of the molecule is CNc1cc(F)cc2c1CC(=O)C(C(=O)Cc1ccc(C(=O)O)cc1CN(C)C)=C2. The van der Waals surface area contributed by atoms with Gasteiger partial charge in [-0.2, -0.15) is 0 Å². The van der Waals surface area contributed by atoms with Gasteiger partial charge in [0.25, 0.3) is 0 Å². The minimum absolute atomic E-state index is 0.0197. The molecule has 0 radical (unpaired) electrons. The van der Waals surface area contributed by atoms with Crippen molar-refractivity contribution < 1.29 is 23.9 Å². The molecule has 2 N–H and O–H groups in total. The molecular weight excluding hydrogens is 387 g/mol. The summed E-state index contributed by atoms with van der Waals surface area (Å²) in [7, 11) is 5.34. The highest BCUT2D eigenvalue weighted by molar-refractivity contribution is 6.25. The van der Waals surface area contributed by atoms with Gasteiger partial charge in [0.1, 0.15) is 5.82 Å². The molecule has 0 unspecified atom stereocenters. The second kappa shape index (κ2) is 8.59. The monoisotopic (exact) mass is 410 g/mol. The summed E-state index contributed by atoms with van der Waals surface area (Å²) in [5.41, 5.74) is 3.25. The third kappa shape index (κ3) is 4.46. The first-order chi connectivity index (χ1) is 14.2. The van der Waals surface area contributed by atoms with Crippen molar-refractivity contribution in [2.75, 3.05) is 26.5 Å². The van der Waals surface area contributed by atoms with E-state index >= 15 is 0 Å². The Kier molecular flexibility index (Phi) is 6.12. The Bertz CT molecular complexity index is 1070. The van der Waals surface area contributed by atoms with Crippen LogP contribution in [-0.2, 0) is 29.0 Å². The lowest BCUT2D eigenvalue weighted by Crippen LogP contribution is -2.22. The first-order valence-corrected chi connectivity index (χ1v) is 9.47. The molecule has 0 amide bonds. The molecule has 0 bridgehead atoms. The zero-order chi connectivity index (χ0) is 22.0. The summed E-state index contributed by atoms with van der Waals surface area (Å²) in [6, 6.07) is 7.25. The minimum atomic E-state index is -1.04. The lowest BCUT2D eigenvalue weighted by Gasteiger charge is -2.19. The summed E-state index contributed by atoms with van der Waals surface area (Å²) >= 11 is 0. The highest BCUT2D eigenvalue weighted by Crippen LogP contribution is 2.30. The summed E-state index contributed by atoms with van der Waals surface area (Å²) in [6.07, 6.45) is 1.43. The van der Waals surface area contributed by atoms with E-state index in [-0.39, 0.29) is 35.5 Å². The van der Waals surface area contributed by atoms with Gasteiger partial charge in [0.05, 0.1) is 11.1 Å². The molecule has 0 aromatic heterocycles. The average Bonchev–Trinajstić information content (AvgIpc) is 2.67. The number of carboxylic acid groups (broad SMARTS) is 1. The van der Waals surface area contributed by atoms with Gasteiger partial charge in [0.2, 0.25) is 0 Å². The lowest BCUT2D eigenvalue weighted by atomic mass is 9.86. The molecule has 0 atom stereocenters. The second-order valence-corrected chi connectivity index (χ2v) is 7.56. The van der Waals surface area contributed by atoms with E-state index in [1.165, 1.54) is 24.3 Å². The van der Waals surface area contributed by atoms with Crippen LogP contribution in [0.1, 0.15) is 32.6 Å². The van der Waals surface area contributed by atoms with Gasteiger partial charge in [-0.25, -0.2) is 9.18 Å². The third-order valence-electron chi connectivity index (χ3n) is 5.05. The molecule has 156 valence electrons. The minimum Gasteiger partial charge on any atom is -0.478 e. The first kappa shape index (κ1) is 21.4. The number of ketones is 2. The maximum Gasteiger partial charge on any atom is 0.335 e. The molecule has 7 heteroatoms. The molecule has 0 saturated heterocycles. The standard InChI is InChI=1S/C23H23FN2O4/c1-25-20-10-17(24)7-15-8-19(22(28)11-18(15)20)21(27)9-13-4-5-14(23(29)30)6-16(13)12-26(2)3/h4-8,10,25H,9,11-12H2,1-3H3,(H,29,30). The quantitative estimate of drug-likeness (QED) is 0.683. The van der Waals surface area contributed by atoms with Crippen LogP contribution in [0.4, 0.5) is 10.1 Å². The van der Waals surface area contributed by atoms with E-state index in [0.29, 0.717) is 34.5 Å². The van der Waals surface area contributed by atoms with Crippen LogP contribution in [0, 0.1) is 5.82 Å². The maximum atomic E-state index is 13.9. The Morgan fingerprint density at radius 2 is 1.90 bits per heavy atom. The molecule has 0 heterocycles. The van der Waals surface area contributed by atoms with E-state index in [1.807, 2.05) is 19.0 Å². The van der Waals surface area contributed by atoms with Crippen molar-refractivity contribution in [2.24, 2.45) is 0 Å². The molecule has 0 spiro atoms. The van der Waals surface area contributed by atoms with E-state index in [4.69, 9.17) is 0 Å². The number of rotatable bonds is 7. The van der Waals surface area contributed by atoms with E-state index in [1.54, 1.807) is 19.2 Å². The number of allylic oxidation sites excluding steroid dienone is 1. The Labute approximate surface area is 174 Å². The van der Waals surface area contributed by atoms with E-state index in [2.05, 4.69) is 5.32 Å². The number of halogens is 1. The number of hydrogen-bond donors (Lipinski definition) is 2. The molecule has 0 saturated carbocycles. The van der Waals surface area contributed by atoms with Gasteiger partial charge in [0.15, 0.2) is 11.6 Å². The van der Waals surface area contributed by atoms with Crippen molar-refractivity contribution in [1.29, 1.82) is 0 Å². The highest BCUT2D eigenvalue weighted by Gasteiger charge is 2.26. The van der Waals surface area contributed by atoms with Crippen LogP contribution >= 0.6 is 0 Å². The number of fused-ring (bicyclic) bond motifs is 1. The Hall–Kier alpha value is -3.32. The number of carbonyl (C=O) groups is 3. The van der Waals surface area contributed by atoms with Crippen LogP contribution in [0.5, 0.6) is 0 Å². The number of aromatic carboxylic acids is 1. The summed E-state index contributed by atoms with van der Waals surface area (Å²) in [6.45, 7) is 0.455. The normalized spacial score (nSPS) is 13.1. The average molecular weight is 410 g/mol. The van der Waals surface area contributed by atoms with Gasteiger partial charge in [0, 0.05) is 32.1 Å². The molecule has 3 rings (SSSR count). The number of nitrogens with zero attached hydrogens (tertiary/aromatic N) is 1. The predicted octanol–water partition coefficient (Wildman–Crippen LogP) is 2.95. The number of anilines is 1. The smallest absolute Gasteiger partial charge is 0.335 e. The van der Waals surface area contributed by atoms with Gasteiger partial charge in [-0.05, 0) is 66.7 Å². The fraction of sp³-hybridized carbons (Fsp3) is 0.261. The van der Waals surface area contributed by atoms with E-state index in [0.717, 1.165) is 0 Å². The molecule has 0 aliphatic heterocycles. The second-order valence-electron chi connectivity index (χ2n) is 7.56. The number of carbonyl (C=O) groups excluding carboxylic acids is 2. The van der Waals surface area contributed by atoms with Crippen LogP contribution in [0.2, 0.25) is 0 Å². The Morgan fingerprint density at radius 3 is 2.53 bits per heavy atom. The molecule has 2 aromatic carbocycles.